The van der Waals surface area contributed by atoms with E-state index in [4.69, 9.17) is 16.3 Å². The molecule has 0 radical (unpaired) electrons. The summed E-state index contributed by atoms with van der Waals surface area (Å²) < 4.78 is 8.69. The van der Waals surface area contributed by atoms with Gasteiger partial charge in [-0.1, -0.05) is 47.1 Å². The van der Waals surface area contributed by atoms with Crippen LogP contribution in [0.5, 0.6) is 0 Å². The fraction of sp³-hybridized carbons (Fsp3) is 0.200. The van der Waals surface area contributed by atoms with Crippen LogP contribution >= 0.6 is 11.6 Å². The van der Waals surface area contributed by atoms with Crippen LogP contribution in [0.2, 0.25) is 5.02 Å². The Balaban J connectivity index is 1.59. The summed E-state index contributed by atoms with van der Waals surface area (Å²) >= 11 is 6.20. The lowest BCUT2D eigenvalue weighted by molar-refractivity contribution is 0.0866. The first-order valence-electron chi connectivity index (χ1n) is 9.48. The Morgan fingerprint density at radius 1 is 1.19 bits per heavy atom. The number of rotatable bonds is 7. The van der Waals surface area contributed by atoms with Crippen molar-refractivity contribution < 1.29 is 9.53 Å². The maximum absolute atomic E-state index is 11.8. The molecule has 1 unspecified atom stereocenters. The molecule has 11 heteroatoms. The largest absolute Gasteiger partial charge is 0.444 e. The first-order valence-corrected chi connectivity index (χ1v) is 9.86. The molecule has 1 amide bonds. The molecule has 0 bridgehead atoms. The van der Waals surface area contributed by atoms with Gasteiger partial charge in [0, 0.05) is 24.1 Å². The van der Waals surface area contributed by atoms with E-state index in [0.29, 0.717) is 29.4 Å². The molecule has 0 saturated heterocycles. The number of carbonyl (C=O) groups is 1. The molecule has 0 aliphatic heterocycles. The number of hydrogen-bond acceptors (Lipinski definition) is 7. The first kappa shape index (κ1) is 20.5. The van der Waals surface area contributed by atoms with Crippen molar-refractivity contribution in [3.8, 4) is 16.9 Å². The topological polar surface area (TPSA) is 113 Å². The molecule has 4 rings (SSSR count). The van der Waals surface area contributed by atoms with E-state index in [1.807, 2.05) is 30.3 Å². The quantitative estimate of drug-likeness (QED) is 0.471. The second kappa shape index (κ2) is 9.35. The standard InChI is InChI=1S/C20H19ClN8O2/c1-22-20(30)31-16(9-14-5-3-2-4-6-14)11-28-12-18(24-26-28)17-10-15(21)7-8-19(17)29-13-23-25-27-29/h2-8,10,12-13,16H,9,11H2,1H3,(H,22,30). The van der Waals surface area contributed by atoms with Crippen LogP contribution in [0.15, 0.2) is 61.1 Å². The van der Waals surface area contributed by atoms with E-state index in [1.165, 1.54) is 18.1 Å². The molecule has 0 saturated carbocycles. The Morgan fingerprint density at radius 3 is 2.77 bits per heavy atom. The zero-order valence-corrected chi connectivity index (χ0v) is 17.3. The monoisotopic (exact) mass is 438 g/mol. The maximum atomic E-state index is 11.8. The number of benzene rings is 2. The molecule has 1 N–H and O–H groups in total. The summed E-state index contributed by atoms with van der Waals surface area (Å²) in [7, 11) is 1.52. The predicted molar refractivity (Wildman–Crippen MR) is 113 cm³/mol. The summed E-state index contributed by atoms with van der Waals surface area (Å²) in [6, 6.07) is 15.1. The molecule has 0 aliphatic rings. The van der Waals surface area contributed by atoms with E-state index in [0.717, 1.165) is 11.1 Å². The molecule has 0 spiro atoms. The van der Waals surface area contributed by atoms with Gasteiger partial charge in [-0.15, -0.1) is 10.2 Å². The van der Waals surface area contributed by atoms with Crippen molar-refractivity contribution in [2.45, 2.75) is 19.1 Å². The molecule has 2 aromatic heterocycles. The van der Waals surface area contributed by atoms with Gasteiger partial charge < -0.3 is 10.1 Å². The average molecular weight is 439 g/mol. The minimum atomic E-state index is -0.503. The molecular weight excluding hydrogens is 420 g/mol. The Kier molecular flexibility index (Phi) is 6.18. The Labute approximate surface area is 182 Å². The SMILES string of the molecule is CNC(=O)OC(Cc1ccccc1)Cn1cc(-c2cc(Cl)ccc2-n2cnnn2)nn1. The Hall–Kier alpha value is -3.79. The number of carbonyl (C=O) groups excluding carboxylic acids is 1. The first-order chi connectivity index (χ1) is 15.1. The normalized spacial score (nSPS) is 11.8. The van der Waals surface area contributed by atoms with Crippen LogP contribution in [-0.2, 0) is 17.7 Å². The van der Waals surface area contributed by atoms with Crippen LogP contribution in [0.3, 0.4) is 0 Å². The van der Waals surface area contributed by atoms with Crippen molar-refractivity contribution in [1.29, 1.82) is 0 Å². The summed E-state index contributed by atoms with van der Waals surface area (Å²) in [6.45, 7) is 0.329. The number of halogens is 1. The van der Waals surface area contributed by atoms with Gasteiger partial charge in [0.1, 0.15) is 18.1 Å². The number of ether oxygens (including phenoxy) is 1. The van der Waals surface area contributed by atoms with Gasteiger partial charge in [0.05, 0.1) is 18.4 Å². The van der Waals surface area contributed by atoms with E-state index < -0.39 is 12.2 Å². The average Bonchev–Trinajstić information content (AvgIpc) is 3.47. The fourth-order valence-corrected chi connectivity index (χ4v) is 3.31. The molecule has 2 heterocycles. The third-order valence-electron chi connectivity index (χ3n) is 4.54. The zero-order chi connectivity index (χ0) is 21.6. The fourth-order valence-electron chi connectivity index (χ4n) is 3.14. The van der Waals surface area contributed by atoms with Gasteiger partial charge in [0.15, 0.2) is 0 Å². The van der Waals surface area contributed by atoms with Crippen LogP contribution in [0, 0.1) is 0 Å². The van der Waals surface area contributed by atoms with E-state index in [2.05, 4.69) is 31.2 Å². The predicted octanol–water partition coefficient (Wildman–Crippen LogP) is 2.54. The van der Waals surface area contributed by atoms with Gasteiger partial charge in [-0.05, 0) is 34.2 Å². The van der Waals surface area contributed by atoms with Crippen molar-refractivity contribution in [3.05, 3.63) is 71.6 Å². The molecule has 4 aromatic rings. The van der Waals surface area contributed by atoms with Crippen LogP contribution in [0.25, 0.3) is 16.9 Å². The minimum absolute atomic E-state index is 0.329. The van der Waals surface area contributed by atoms with Gasteiger partial charge in [0.2, 0.25) is 0 Å². The van der Waals surface area contributed by atoms with Crippen molar-refractivity contribution in [2.24, 2.45) is 0 Å². The van der Waals surface area contributed by atoms with Gasteiger partial charge in [-0.25, -0.2) is 9.48 Å². The Morgan fingerprint density at radius 2 is 2.03 bits per heavy atom. The van der Waals surface area contributed by atoms with E-state index in [9.17, 15) is 4.79 Å². The van der Waals surface area contributed by atoms with Gasteiger partial charge in [-0.3, -0.25) is 0 Å². The highest BCUT2D eigenvalue weighted by molar-refractivity contribution is 6.31. The number of nitrogens with zero attached hydrogens (tertiary/aromatic N) is 7. The molecule has 2 aromatic carbocycles. The van der Waals surface area contributed by atoms with E-state index in [-0.39, 0.29) is 0 Å². The molecule has 0 fully saturated rings. The third kappa shape index (κ3) is 5.04. The van der Waals surface area contributed by atoms with Crippen LogP contribution in [0.1, 0.15) is 5.56 Å². The highest BCUT2D eigenvalue weighted by Crippen LogP contribution is 2.27. The summed E-state index contributed by atoms with van der Waals surface area (Å²) in [5, 5.41) is 22.8. The van der Waals surface area contributed by atoms with Crippen molar-refractivity contribution in [3.63, 3.8) is 0 Å². The molecule has 1 atom stereocenters. The van der Waals surface area contributed by atoms with Crippen LogP contribution in [0.4, 0.5) is 4.79 Å². The van der Waals surface area contributed by atoms with Crippen LogP contribution in [-0.4, -0.2) is 54.4 Å². The van der Waals surface area contributed by atoms with Gasteiger partial charge >= 0.3 is 6.09 Å². The number of alkyl carbamates (subject to hydrolysis) is 1. The number of tetrazole rings is 1. The zero-order valence-electron chi connectivity index (χ0n) is 16.6. The maximum Gasteiger partial charge on any atom is 0.407 e. The summed E-state index contributed by atoms with van der Waals surface area (Å²) in [5.74, 6) is 0. The highest BCUT2D eigenvalue weighted by atomic mass is 35.5. The third-order valence-corrected chi connectivity index (χ3v) is 4.78. The van der Waals surface area contributed by atoms with E-state index >= 15 is 0 Å². The number of hydrogen-bond donors (Lipinski definition) is 1. The van der Waals surface area contributed by atoms with Gasteiger partial charge in [0.25, 0.3) is 0 Å². The summed E-state index contributed by atoms with van der Waals surface area (Å²) in [5.41, 5.74) is 3.07. The highest BCUT2D eigenvalue weighted by Gasteiger charge is 2.18. The molecule has 10 nitrogen and oxygen atoms in total. The second-order valence-corrected chi connectivity index (χ2v) is 7.15. The van der Waals surface area contributed by atoms with Crippen LogP contribution < -0.4 is 5.32 Å². The lowest BCUT2D eigenvalue weighted by Crippen LogP contribution is -2.30. The Bertz CT molecular complexity index is 1150. The van der Waals surface area contributed by atoms with Gasteiger partial charge in [-0.2, -0.15) is 4.68 Å². The lowest BCUT2D eigenvalue weighted by atomic mass is 10.1. The smallest absolute Gasteiger partial charge is 0.407 e. The van der Waals surface area contributed by atoms with E-state index in [1.54, 1.807) is 29.1 Å². The minimum Gasteiger partial charge on any atom is -0.444 e. The molecule has 158 valence electrons. The number of nitrogens with one attached hydrogen (secondary N) is 1. The molecular formula is C20H19ClN8O2. The van der Waals surface area contributed by atoms with Crippen molar-refractivity contribution in [2.75, 3.05) is 7.05 Å². The summed E-state index contributed by atoms with van der Waals surface area (Å²) in [6.07, 6.45) is 2.86. The van der Waals surface area contributed by atoms with Crippen molar-refractivity contribution in [1.82, 2.24) is 40.5 Å². The lowest BCUT2D eigenvalue weighted by Gasteiger charge is -2.17. The van der Waals surface area contributed by atoms with Crippen molar-refractivity contribution >= 4 is 17.7 Å². The second-order valence-electron chi connectivity index (χ2n) is 6.71. The molecule has 0 aliphatic carbocycles. The molecule has 31 heavy (non-hydrogen) atoms. The number of amides is 1. The summed E-state index contributed by atoms with van der Waals surface area (Å²) in [4.78, 5) is 11.8. The number of aromatic nitrogens is 7.